The minimum Gasteiger partial charge on any atom is -0.351 e. The summed E-state index contributed by atoms with van der Waals surface area (Å²) in [5.41, 5.74) is -0.954. The van der Waals surface area contributed by atoms with Crippen LogP contribution in [-0.2, 0) is 11.8 Å². The van der Waals surface area contributed by atoms with Gasteiger partial charge in [0.05, 0.1) is 11.3 Å². The Morgan fingerprint density at radius 2 is 2.14 bits per heavy atom. The average Bonchev–Trinajstić information content (AvgIpc) is 2.45. The van der Waals surface area contributed by atoms with E-state index in [2.05, 4.69) is 0 Å². The molecule has 14 heavy (non-hydrogen) atoms. The van der Waals surface area contributed by atoms with Crippen LogP contribution < -0.4 is 0 Å². The lowest BCUT2D eigenvalue weighted by atomic mass is 10.1. The summed E-state index contributed by atoms with van der Waals surface area (Å²) in [5, 5.41) is 0. The molecule has 0 atom stereocenters. The Morgan fingerprint density at radius 3 is 2.50 bits per heavy atom. The zero-order valence-corrected chi connectivity index (χ0v) is 7.38. The Hall–Kier alpha value is -1.52. The molecule has 0 unspecified atom stereocenters. The normalized spacial score (nSPS) is 13.0. The molecule has 1 rings (SSSR count). The fraction of sp³-hybridized carbons (Fsp3) is 0.222. The summed E-state index contributed by atoms with van der Waals surface area (Å²) in [7, 11) is 1.49. The van der Waals surface area contributed by atoms with Crippen LogP contribution in [0.25, 0.3) is 5.57 Å². The molecule has 76 valence electrons. The molecule has 0 bridgehead atoms. The zero-order chi connectivity index (χ0) is 10.8. The van der Waals surface area contributed by atoms with E-state index in [4.69, 9.17) is 0 Å². The smallest absolute Gasteiger partial charge is 0.351 e. The Balaban J connectivity index is 3.21. The second-order valence-electron chi connectivity index (χ2n) is 2.72. The summed E-state index contributed by atoms with van der Waals surface area (Å²) in [6.07, 6.45) is -2.36. The first-order chi connectivity index (χ1) is 6.46. The van der Waals surface area contributed by atoms with E-state index < -0.39 is 11.7 Å². The Morgan fingerprint density at radius 1 is 1.50 bits per heavy atom. The SMILES string of the molecule is Cn1cccc1/C(=C\C=O)C(F)(F)F. The number of rotatable bonds is 2. The van der Waals surface area contributed by atoms with Crippen molar-refractivity contribution in [2.45, 2.75) is 6.18 Å². The number of alkyl halides is 3. The molecule has 0 radical (unpaired) electrons. The molecule has 2 nitrogen and oxygen atoms in total. The molecule has 0 aromatic carbocycles. The predicted molar refractivity (Wildman–Crippen MR) is 45.5 cm³/mol. The van der Waals surface area contributed by atoms with Gasteiger partial charge in [-0.1, -0.05) is 0 Å². The number of allylic oxidation sites excluding steroid dienone is 2. The average molecular weight is 203 g/mol. The highest BCUT2D eigenvalue weighted by Crippen LogP contribution is 2.33. The molecule has 0 amide bonds. The molecule has 0 fully saturated rings. The molecule has 5 heteroatoms. The second-order valence-corrected chi connectivity index (χ2v) is 2.72. The second kappa shape index (κ2) is 3.69. The minimum atomic E-state index is -4.51. The lowest BCUT2D eigenvalue weighted by Crippen LogP contribution is -2.13. The van der Waals surface area contributed by atoms with Gasteiger partial charge >= 0.3 is 6.18 Å². The van der Waals surface area contributed by atoms with E-state index in [-0.39, 0.29) is 12.0 Å². The van der Waals surface area contributed by atoms with Crippen LogP contribution in [0.2, 0.25) is 0 Å². The van der Waals surface area contributed by atoms with Gasteiger partial charge in [-0.25, -0.2) is 0 Å². The third-order valence-electron chi connectivity index (χ3n) is 1.76. The fourth-order valence-electron chi connectivity index (χ4n) is 1.13. The molecule has 1 heterocycles. The van der Waals surface area contributed by atoms with Gasteiger partial charge in [0.1, 0.15) is 6.29 Å². The maximum Gasteiger partial charge on any atom is 0.418 e. The molecule has 0 aliphatic carbocycles. The maximum atomic E-state index is 12.4. The molecule has 0 saturated heterocycles. The van der Waals surface area contributed by atoms with Crippen molar-refractivity contribution in [1.82, 2.24) is 4.57 Å². The summed E-state index contributed by atoms with van der Waals surface area (Å²) in [6, 6.07) is 2.79. The highest BCUT2D eigenvalue weighted by molar-refractivity contribution is 5.82. The first kappa shape index (κ1) is 10.6. The van der Waals surface area contributed by atoms with Crippen molar-refractivity contribution >= 4 is 11.9 Å². The van der Waals surface area contributed by atoms with Gasteiger partial charge in [0.15, 0.2) is 0 Å². The number of aryl methyl sites for hydroxylation is 1. The zero-order valence-electron chi connectivity index (χ0n) is 7.38. The monoisotopic (exact) mass is 203 g/mol. The van der Waals surface area contributed by atoms with E-state index in [1.165, 1.54) is 29.9 Å². The first-order valence-electron chi connectivity index (χ1n) is 3.81. The molecular weight excluding hydrogens is 195 g/mol. The van der Waals surface area contributed by atoms with Gasteiger partial charge in [-0.05, 0) is 18.2 Å². The number of carbonyl (C=O) groups is 1. The van der Waals surface area contributed by atoms with Crippen molar-refractivity contribution in [2.75, 3.05) is 0 Å². The molecule has 1 aromatic rings. The van der Waals surface area contributed by atoms with Crippen LogP contribution in [0, 0.1) is 0 Å². The van der Waals surface area contributed by atoms with Crippen molar-refractivity contribution in [1.29, 1.82) is 0 Å². The van der Waals surface area contributed by atoms with E-state index in [1.807, 2.05) is 0 Å². The number of aromatic nitrogens is 1. The summed E-state index contributed by atoms with van der Waals surface area (Å²) >= 11 is 0. The van der Waals surface area contributed by atoms with E-state index >= 15 is 0 Å². The quantitative estimate of drug-likeness (QED) is 0.533. The molecule has 0 spiro atoms. The fourth-order valence-corrected chi connectivity index (χ4v) is 1.13. The number of aldehydes is 1. The van der Waals surface area contributed by atoms with Gasteiger partial charge in [0, 0.05) is 13.2 Å². The first-order valence-corrected chi connectivity index (χ1v) is 3.81. The number of hydrogen-bond acceptors (Lipinski definition) is 1. The van der Waals surface area contributed by atoms with Gasteiger partial charge in [0.2, 0.25) is 0 Å². The molecule has 1 aromatic heterocycles. The van der Waals surface area contributed by atoms with Gasteiger partial charge in [0.25, 0.3) is 0 Å². The number of halogens is 3. The molecular formula is C9H8F3NO. The van der Waals surface area contributed by atoms with Gasteiger partial charge in [-0.2, -0.15) is 13.2 Å². The van der Waals surface area contributed by atoms with Gasteiger partial charge in [-0.3, -0.25) is 4.79 Å². The predicted octanol–water partition coefficient (Wildman–Crippen LogP) is 2.17. The summed E-state index contributed by atoms with van der Waals surface area (Å²) in [4.78, 5) is 10.1. The number of hydrogen-bond donors (Lipinski definition) is 0. The number of nitrogens with zero attached hydrogens (tertiary/aromatic N) is 1. The van der Waals surface area contributed by atoms with Crippen LogP contribution >= 0.6 is 0 Å². The van der Waals surface area contributed by atoms with Crippen LogP contribution in [0.4, 0.5) is 13.2 Å². The van der Waals surface area contributed by atoms with Gasteiger partial charge in [-0.15, -0.1) is 0 Å². The molecule has 0 aliphatic heterocycles. The van der Waals surface area contributed by atoms with Crippen molar-refractivity contribution < 1.29 is 18.0 Å². The third-order valence-corrected chi connectivity index (χ3v) is 1.76. The van der Waals surface area contributed by atoms with Crippen molar-refractivity contribution in [3.05, 3.63) is 30.1 Å². The molecule has 0 saturated carbocycles. The lowest BCUT2D eigenvalue weighted by molar-refractivity contribution is -0.104. The number of carbonyl (C=O) groups excluding carboxylic acids is 1. The Kier molecular flexibility index (Phi) is 2.78. The summed E-state index contributed by atoms with van der Waals surface area (Å²) in [5.74, 6) is 0. The van der Waals surface area contributed by atoms with E-state index in [0.717, 1.165) is 0 Å². The molecule has 0 aliphatic rings. The largest absolute Gasteiger partial charge is 0.418 e. The Bertz CT molecular complexity index is 362. The highest BCUT2D eigenvalue weighted by atomic mass is 19.4. The standard InChI is InChI=1S/C9H8F3NO/c1-13-5-2-3-8(13)7(4-6-14)9(10,11)12/h2-6H,1H3/b7-4+. The topological polar surface area (TPSA) is 22.0 Å². The third kappa shape index (κ3) is 2.04. The van der Waals surface area contributed by atoms with Crippen molar-refractivity contribution in [3.63, 3.8) is 0 Å². The van der Waals surface area contributed by atoms with Crippen LogP contribution in [0.15, 0.2) is 24.4 Å². The van der Waals surface area contributed by atoms with E-state index in [1.54, 1.807) is 0 Å². The maximum absolute atomic E-state index is 12.4. The van der Waals surface area contributed by atoms with Crippen molar-refractivity contribution in [2.24, 2.45) is 7.05 Å². The summed E-state index contributed by atoms with van der Waals surface area (Å²) < 4.78 is 38.5. The van der Waals surface area contributed by atoms with Crippen LogP contribution in [0.3, 0.4) is 0 Å². The highest BCUT2D eigenvalue weighted by Gasteiger charge is 2.35. The van der Waals surface area contributed by atoms with Crippen molar-refractivity contribution in [3.8, 4) is 0 Å². The Labute approximate surface area is 78.6 Å². The van der Waals surface area contributed by atoms with Crippen LogP contribution in [0.5, 0.6) is 0 Å². The van der Waals surface area contributed by atoms with Gasteiger partial charge < -0.3 is 4.57 Å². The van der Waals surface area contributed by atoms with E-state index in [0.29, 0.717) is 6.08 Å². The summed E-state index contributed by atoms with van der Waals surface area (Å²) in [6.45, 7) is 0. The van der Waals surface area contributed by atoms with Crippen LogP contribution in [0.1, 0.15) is 5.69 Å². The van der Waals surface area contributed by atoms with Crippen LogP contribution in [-0.4, -0.2) is 17.0 Å². The minimum absolute atomic E-state index is 0.0235. The lowest BCUT2D eigenvalue weighted by Gasteiger charge is -2.11. The molecule has 0 N–H and O–H groups in total. The van der Waals surface area contributed by atoms with E-state index in [9.17, 15) is 18.0 Å².